The zero-order chi connectivity index (χ0) is 18.1. The van der Waals surface area contributed by atoms with Crippen molar-refractivity contribution in [2.45, 2.75) is 0 Å². The first-order chi connectivity index (χ1) is 11.9. The highest BCUT2D eigenvalue weighted by atomic mass is 16.8. The molecule has 25 heavy (non-hydrogen) atoms. The van der Waals surface area contributed by atoms with Crippen molar-refractivity contribution >= 4 is 34.3 Å². The van der Waals surface area contributed by atoms with Gasteiger partial charge >= 0.3 is 6.03 Å². The normalized spacial score (nSPS) is 12.1. The molecule has 8 N–H and O–H groups in total. The van der Waals surface area contributed by atoms with Crippen molar-refractivity contribution < 1.29 is 20.0 Å². The molecule has 1 atom stereocenters. The number of fused-ring (bicyclic) bond motifs is 1. The van der Waals surface area contributed by atoms with Crippen LogP contribution in [-0.2, 0) is 0 Å². The SMILES string of the molecule is NC(=O)Nc1[nH]c2cc(-c3ccc([NH+]([O-])O)cc3)ccc2c1C(N)=O. The van der Waals surface area contributed by atoms with Crippen LogP contribution in [0, 0.1) is 5.21 Å². The maximum absolute atomic E-state index is 11.7. The Morgan fingerprint density at radius 3 is 2.28 bits per heavy atom. The van der Waals surface area contributed by atoms with Crippen LogP contribution in [0.15, 0.2) is 42.5 Å². The molecule has 9 heteroatoms. The summed E-state index contributed by atoms with van der Waals surface area (Å²) in [7, 11) is 0. The molecule has 0 spiro atoms. The van der Waals surface area contributed by atoms with Gasteiger partial charge < -0.3 is 21.7 Å². The topological polar surface area (TPSA) is 162 Å². The first-order valence-electron chi connectivity index (χ1n) is 7.22. The van der Waals surface area contributed by atoms with E-state index in [2.05, 4.69) is 10.3 Å². The zero-order valence-corrected chi connectivity index (χ0v) is 12.9. The number of hydrogen-bond acceptors (Lipinski definition) is 4. The number of aromatic amines is 1. The molecule has 3 rings (SSSR count). The van der Waals surface area contributed by atoms with Crippen molar-refractivity contribution in [1.29, 1.82) is 0 Å². The van der Waals surface area contributed by atoms with Gasteiger partial charge in [-0.3, -0.25) is 10.1 Å². The van der Waals surface area contributed by atoms with Crippen LogP contribution in [0.5, 0.6) is 0 Å². The van der Waals surface area contributed by atoms with Gasteiger partial charge in [-0.1, -0.05) is 12.1 Å². The molecular formula is C16H15N5O4. The van der Waals surface area contributed by atoms with Crippen molar-refractivity contribution in [2.75, 3.05) is 5.32 Å². The molecule has 0 aliphatic carbocycles. The number of carbonyl (C=O) groups is 2. The Morgan fingerprint density at radius 2 is 1.72 bits per heavy atom. The lowest BCUT2D eigenvalue weighted by Gasteiger charge is -2.11. The van der Waals surface area contributed by atoms with Gasteiger partial charge in [-0.2, -0.15) is 5.23 Å². The van der Waals surface area contributed by atoms with Gasteiger partial charge in [-0.05, 0) is 29.3 Å². The Balaban J connectivity index is 2.08. The average Bonchev–Trinajstić information content (AvgIpc) is 2.91. The Morgan fingerprint density at radius 1 is 1.08 bits per heavy atom. The molecule has 0 aliphatic heterocycles. The van der Waals surface area contributed by atoms with Crippen LogP contribution < -0.4 is 22.0 Å². The summed E-state index contributed by atoms with van der Waals surface area (Å²) in [6.45, 7) is 0. The highest BCUT2D eigenvalue weighted by molar-refractivity contribution is 6.13. The maximum Gasteiger partial charge on any atom is 0.317 e. The van der Waals surface area contributed by atoms with Crippen LogP contribution in [0.2, 0.25) is 0 Å². The number of aromatic nitrogens is 1. The van der Waals surface area contributed by atoms with E-state index in [-0.39, 0.29) is 17.1 Å². The summed E-state index contributed by atoms with van der Waals surface area (Å²) in [6.07, 6.45) is 0. The van der Waals surface area contributed by atoms with E-state index in [9.17, 15) is 14.8 Å². The molecule has 3 amide bonds. The molecule has 3 aromatic rings. The number of nitrogens with one attached hydrogen (secondary N) is 3. The van der Waals surface area contributed by atoms with Crippen LogP contribution >= 0.6 is 0 Å². The lowest BCUT2D eigenvalue weighted by Crippen LogP contribution is -2.99. The van der Waals surface area contributed by atoms with E-state index < -0.39 is 17.2 Å². The van der Waals surface area contributed by atoms with Gasteiger partial charge in [0, 0.05) is 23.0 Å². The third-order valence-corrected chi connectivity index (χ3v) is 3.76. The number of H-pyrrole nitrogens is 1. The minimum Gasteiger partial charge on any atom is -0.595 e. The number of anilines is 1. The number of quaternary nitrogens is 1. The van der Waals surface area contributed by atoms with E-state index in [1.165, 1.54) is 12.1 Å². The van der Waals surface area contributed by atoms with E-state index >= 15 is 0 Å². The fourth-order valence-electron chi connectivity index (χ4n) is 2.66. The molecule has 1 unspecified atom stereocenters. The van der Waals surface area contributed by atoms with Gasteiger partial charge in [0.15, 0.2) is 5.69 Å². The van der Waals surface area contributed by atoms with Crippen molar-refractivity contribution in [3.8, 4) is 11.1 Å². The van der Waals surface area contributed by atoms with Crippen molar-refractivity contribution in [1.82, 2.24) is 4.98 Å². The van der Waals surface area contributed by atoms with Gasteiger partial charge in [-0.25, -0.2) is 10.0 Å². The second-order valence-corrected chi connectivity index (χ2v) is 5.37. The number of rotatable bonds is 4. The van der Waals surface area contributed by atoms with Gasteiger partial charge in [0.1, 0.15) is 5.82 Å². The highest BCUT2D eigenvalue weighted by Gasteiger charge is 2.17. The molecule has 0 saturated heterocycles. The summed E-state index contributed by atoms with van der Waals surface area (Å²) in [5, 5.41) is 21.8. The molecule has 1 heterocycles. The molecule has 2 aromatic carbocycles. The Hall–Kier alpha value is -3.40. The summed E-state index contributed by atoms with van der Waals surface area (Å²) in [6, 6.07) is 10.8. The number of benzene rings is 2. The summed E-state index contributed by atoms with van der Waals surface area (Å²) in [5.41, 5.74) is 13.0. The van der Waals surface area contributed by atoms with Gasteiger partial charge in [-0.15, -0.1) is 0 Å². The van der Waals surface area contributed by atoms with Gasteiger partial charge in [0.2, 0.25) is 0 Å². The summed E-state index contributed by atoms with van der Waals surface area (Å²) >= 11 is 0. The summed E-state index contributed by atoms with van der Waals surface area (Å²) in [4.78, 5) is 25.7. The van der Waals surface area contributed by atoms with E-state index in [4.69, 9.17) is 16.7 Å². The molecular weight excluding hydrogens is 326 g/mol. The lowest BCUT2D eigenvalue weighted by atomic mass is 10.0. The van der Waals surface area contributed by atoms with Crippen molar-refractivity contribution in [2.24, 2.45) is 11.5 Å². The fourth-order valence-corrected chi connectivity index (χ4v) is 2.66. The quantitative estimate of drug-likeness (QED) is 0.388. The number of carbonyl (C=O) groups excluding carboxylic acids is 2. The molecule has 128 valence electrons. The standard InChI is InChI=1S/C16H15N5O4/c17-14(22)13-11-6-3-9(7-12(11)19-15(13)20-16(18)23)8-1-4-10(5-2-8)21(24)25/h1-7,19,21,24H,(H2,17,22)(H3,18,20,23). The Bertz CT molecular complexity index is 963. The summed E-state index contributed by atoms with van der Waals surface area (Å²) in [5.74, 6) is -0.568. The molecule has 0 bridgehead atoms. The van der Waals surface area contributed by atoms with Crippen molar-refractivity contribution in [3.63, 3.8) is 0 Å². The van der Waals surface area contributed by atoms with Crippen LogP contribution in [0.25, 0.3) is 22.0 Å². The molecule has 9 nitrogen and oxygen atoms in total. The lowest BCUT2D eigenvalue weighted by molar-refractivity contribution is -0.991. The summed E-state index contributed by atoms with van der Waals surface area (Å²) < 4.78 is 0. The number of urea groups is 1. The minimum atomic E-state index is -1.00. The molecule has 0 saturated carbocycles. The maximum atomic E-state index is 11.7. The van der Waals surface area contributed by atoms with Crippen LogP contribution in [0.3, 0.4) is 0 Å². The minimum absolute atomic E-state index is 0.133. The predicted octanol–water partition coefficient (Wildman–Crippen LogP) is 0.828. The second kappa shape index (κ2) is 6.24. The fraction of sp³-hybridized carbons (Fsp3) is 0. The third-order valence-electron chi connectivity index (χ3n) is 3.76. The van der Waals surface area contributed by atoms with Gasteiger partial charge in [0.05, 0.1) is 5.56 Å². The third kappa shape index (κ3) is 3.15. The molecule has 0 radical (unpaired) electrons. The van der Waals surface area contributed by atoms with Crippen LogP contribution in [0.4, 0.5) is 16.3 Å². The number of primary amides is 2. The monoisotopic (exact) mass is 341 g/mol. The zero-order valence-electron chi connectivity index (χ0n) is 12.9. The molecule has 0 aliphatic rings. The average molecular weight is 341 g/mol. The van der Waals surface area contributed by atoms with Crippen LogP contribution in [-0.4, -0.2) is 22.1 Å². The van der Waals surface area contributed by atoms with E-state index in [0.717, 1.165) is 11.1 Å². The first-order valence-corrected chi connectivity index (χ1v) is 7.22. The molecule has 1 aromatic heterocycles. The number of amides is 3. The Labute approximate surface area is 141 Å². The first kappa shape index (κ1) is 16.5. The molecule has 0 fully saturated rings. The Kier molecular flexibility index (Phi) is 4.11. The second-order valence-electron chi connectivity index (χ2n) is 5.37. The predicted molar refractivity (Wildman–Crippen MR) is 91.2 cm³/mol. The van der Waals surface area contributed by atoms with E-state index in [1.54, 1.807) is 30.3 Å². The number of hydrogen-bond donors (Lipinski definition) is 6. The highest BCUT2D eigenvalue weighted by Crippen LogP contribution is 2.30. The van der Waals surface area contributed by atoms with Gasteiger partial charge in [0.25, 0.3) is 5.91 Å². The van der Waals surface area contributed by atoms with E-state index in [1.807, 2.05) is 0 Å². The van der Waals surface area contributed by atoms with Crippen LogP contribution in [0.1, 0.15) is 10.4 Å². The number of nitrogens with two attached hydrogens (primary N) is 2. The van der Waals surface area contributed by atoms with Crippen molar-refractivity contribution in [3.05, 3.63) is 53.2 Å². The van der Waals surface area contributed by atoms with E-state index in [0.29, 0.717) is 10.9 Å². The largest absolute Gasteiger partial charge is 0.595 e. The smallest absolute Gasteiger partial charge is 0.317 e.